The molecule has 1 atom stereocenters. The highest BCUT2D eigenvalue weighted by atomic mass is 16.2. The standard InChI is InChI=1S/C26H26N4O2/c1-19-27-22-15-9-10-16-24(22)30(19)18-25(31)28-23(17-20-11-5-3-6-12-20)26(32)29(2)21-13-7-4-8-14-21/h3-16,23H,17-18H2,1-2H3,(H,28,31)/t23-/m1/s1. The van der Waals surface area contributed by atoms with Gasteiger partial charge in [-0.15, -0.1) is 0 Å². The fraction of sp³-hybridized carbons (Fsp3) is 0.192. The van der Waals surface area contributed by atoms with Gasteiger partial charge in [-0.2, -0.15) is 0 Å². The minimum Gasteiger partial charge on any atom is -0.342 e. The third-order valence-electron chi connectivity index (χ3n) is 5.54. The number of carbonyl (C=O) groups excluding carboxylic acids is 2. The number of amides is 2. The van der Waals surface area contributed by atoms with Crippen molar-refractivity contribution in [3.05, 3.63) is 96.3 Å². The Hall–Kier alpha value is -3.93. The topological polar surface area (TPSA) is 67.2 Å². The van der Waals surface area contributed by atoms with Crippen molar-refractivity contribution in [1.82, 2.24) is 14.9 Å². The van der Waals surface area contributed by atoms with Gasteiger partial charge in [-0.05, 0) is 36.8 Å². The average Bonchev–Trinajstić information content (AvgIpc) is 3.13. The van der Waals surface area contributed by atoms with Crippen LogP contribution in [0.15, 0.2) is 84.9 Å². The van der Waals surface area contributed by atoms with Crippen molar-refractivity contribution in [3.63, 3.8) is 0 Å². The normalized spacial score (nSPS) is 11.8. The summed E-state index contributed by atoms with van der Waals surface area (Å²) in [4.78, 5) is 32.5. The summed E-state index contributed by atoms with van der Waals surface area (Å²) >= 11 is 0. The van der Waals surface area contributed by atoms with E-state index in [2.05, 4.69) is 10.3 Å². The molecule has 0 aliphatic carbocycles. The number of hydrogen-bond donors (Lipinski definition) is 1. The van der Waals surface area contributed by atoms with Crippen molar-refractivity contribution in [3.8, 4) is 0 Å². The zero-order valence-corrected chi connectivity index (χ0v) is 18.2. The average molecular weight is 427 g/mol. The van der Waals surface area contributed by atoms with Crippen LogP contribution in [0, 0.1) is 6.92 Å². The number of aryl methyl sites for hydroxylation is 1. The first kappa shape index (κ1) is 21.3. The highest BCUT2D eigenvalue weighted by Crippen LogP contribution is 2.16. The van der Waals surface area contributed by atoms with Crippen LogP contribution in [0.25, 0.3) is 11.0 Å². The van der Waals surface area contributed by atoms with E-state index in [1.165, 1.54) is 0 Å². The second-order valence-electron chi connectivity index (χ2n) is 7.78. The fourth-order valence-corrected chi connectivity index (χ4v) is 3.84. The van der Waals surface area contributed by atoms with Crippen molar-refractivity contribution >= 4 is 28.5 Å². The molecule has 0 saturated heterocycles. The van der Waals surface area contributed by atoms with Gasteiger partial charge >= 0.3 is 0 Å². The molecule has 3 aromatic carbocycles. The van der Waals surface area contributed by atoms with Gasteiger partial charge in [-0.3, -0.25) is 9.59 Å². The summed E-state index contributed by atoms with van der Waals surface area (Å²) in [6, 6.07) is 26.2. The molecule has 0 fully saturated rings. The lowest BCUT2D eigenvalue weighted by Gasteiger charge is -2.25. The van der Waals surface area contributed by atoms with E-state index in [0.717, 1.165) is 28.1 Å². The molecule has 0 unspecified atom stereocenters. The van der Waals surface area contributed by atoms with Gasteiger partial charge in [0, 0.05) is 19.2 Å². The number of fused-ring (bicyclic) bond motifs is 1. The lowest BCUT2D eigenvalue weighted by atomic mass is 10.0. The van der Waals surface area contributed by atoms with Crippen LogP contribution in [-0.4, -0.2) is 34.5 Å². The van der Waals surface area contributed by atoms with Gasteiger partial charge < -0.3 is 14.8 Å². The van der Waals surface area contributed by atoms with Crippen LogP contribution in [0.4, 0.5) is 5.69 Å². The van der Waals surface area contributed by atoms with Gasteiger partial charge in [0.15, 0.2) is 0 Å². The zero-order valence-electron chi connectivity index (χ0n) is 18.2. The monoisotopic (exact) mass is 426 g/mol. The van der Waals surface area contributed by atoms with Crippen LogP contribution in [0.2, 0.25) is 0 Å². The molecule has 32 heavy (non-hydrogen) atoms. The summed E-state index contributed by atoms with van der Waals surface area (Å²) in [7, 11) is 1.73. The summed E-state index contributed by atoms with van der Waals surface area (Å²) in [5, 5.41) is 2.97. The number of rotatable bonds is 7. The van der Waals surface area contributed by atoms with Gasteiger partial charge in [0.2, 0.25) is 11.8 Å². The number of carbonyl (C=O) groups is 2. The van der Waals surface area contributed by atoms with Crippen molar-refractivity contribution in [1.29, 1.82) is 0 Å². The van der Waals surface area contributed by atoms with Crippen LogP contribution in [0.1, 0.15) is 11.4 Å². The summed E-state index contributed by atoms with van der Waals surface area (Å²) in [5.41, 5.74) is 3.50. The molecule has 162 valence electrons. The molecular weight excluding hydrogens is 400 g/mol. The number of hydrogen-bond acceptors (Lipinski definition) is 3. The SMILES string of the molecule is Cc1nc2ccccc2n1CC(=O)N[C@H](Cc1ccccc1)C(=O)N(C)c1ccccc1. The van der Waals surface area contributed by atoms with E-state index in [1.807, 2.05) is 96.4 Å². The van der Waals surface area contributed by atoms with Gasteiger partial charge in [-0.25, -0.2) is 4.98 Å². The molecule has 6 nitrogen and oxygen atoms in total. The molecular formula is C26H26N4O2. The second kappa shape index (κ2) is 9.47. The molecule has 0 radical (unpaired) electrons. The molecule has 4 rings (SSSR count). The third-order valence-corrected chi connectivity index (χ3v) is 5.54. The lowest BCUT2D eigenvalue weighted by Crippen LogP contribution is -2.49. The first-order chi connectivity index (χ1) is 15.5. The first-order valence-electron chi connectivity index (χ1n) is 10.6. The van der Waals surface area contributed by atoms with E-state index in [-0.39, 0.29) is 18.4 Å². The fourth-order valence-electron chi connectivity index (χ4n) is 3.84. The quantitative estimate of drug-likeness (QED) is 0.490. The Kier molecular flexibility index (Phi) is 6.31. The van der Waals surface area contributed by atoms with E-state index in [0.29, 0.717) is 6.42 Å². The second-order valence-corrected chi connectivity index (χ2v) is 7.78. The Balaban J connectivity index is 1.56. The maximum absolute atomic E-state index is 13.4. The van der Waals surface area contributed by atoms with E-state index in [4.69, 9.17) is 0 Å². The Morgan fingerprint density at radius 2 is 1.56 bits per heavy atom. The predicted molar refractivity (Wildman–Crippen MR) is 126 cm³/mol. The zero-order chi connectivity index (χ0) is 22.5. The number of anilines is 1. The molecule has 0 saturated carbocycles. The number of aromatic nitrogens is 2. The van der Waals surface area contributed by atoms with Gasteiger partial charge in [0.05, 0.1) is 11.0 Å². The van der Waals surface area contributed by atoms with Gasteiger partial charge in [0.1, 0.15) is 18.4 Å². The molecule has 0 aliphatic heterocycles. The largest absolute Gasteiger partial charge is 0.342 e. The van der Waals surface area contributed by atoms with Crippen LogP contribution in [0.5, 0.6) is 0 Å². The Morgan fingerprint density at radius 1 is 0.938 bits per heavy atom. The van der Waals surface area contributed by atoms with Crippen molar-refractivity contribution < 1.29 is 9.59 Å². The molecule has 0 bridgehead atoms. The maximum Gasteiger partial charge on any atom is 0.249 e. The van der Waals surface area contributed by atoms with Crippen molar-refractivity contribution in [2.45, 2.75) is 25.9 Å². The maximum atomic E-state index is 13.4. The van der Waals surface area contributed by atoms with Crippen LogP contribution in [-0.2, 0) is 22.6 Å². The van der Waals surface area contributed by atoms with Gasteiger partial charge in [-0.1, -0.05) is 60.7 Å². The van der Waals surface area contributed by atoms with Gasteiger partial charge in [0.25, 0.3) is 0 Å². The molecule has 1 aromatic heterocycles. The smallest absolute Gasteiger partial charge is 0.249 e. The van der Waals surface area contributed by atoms with Crippen molar-refractivity contribution in [2.24, 2.45) is 0 Å². The molecule has 1 N–H and O–H groups in total. The summed E-state index contributed by atoms with van der Waals surface area (Å²) in [5.74, 6) is 0.362. The Morgan fingerprint density at radius 3 is 2.28 bits per heavy atom. The highest BCUT2D eigenvalue weighted by molar-refractivity contribution is 5.99. The number of para-hydroxylation sites is 3. The highest BCUT2D eigenvalue weighted by Gasteiger charge is 2.25. The number of imidazole rings is 1. The summed E-state index contributed by atoms with van der Waals surface area (Å²) in [6.45, 7) is 1.98. The van der Waals surface area contributed by atoms with Crippen LogP contribution in [0.3, 0.4) is 0 Å². The number of nitrogens with zero attached hydrogens (tertiary/aromatic N) is 3. The molecule has 0 aliphatic rings. The predicted octanol–water partition coefficient (Wildman–Crippen LogP) is 3.74. The minimum absolute atomic E-state index is 0.0972. The van der Waals surface area contributed by atoms with Crippen molar-refractivity contribution in [2.75, 3.05) is 11.9 Å². The molecule has 0 spiro atoms. The summed E-state index contributed by atoms with van der Waals surface area (Å²) in [6.07, 6.45) is 0.409. The Bertz CT molecular complexity index is 1220. The van der Waals surface area contributed by atoms with E-state index < -0.39 is 6.04 Å². The molecule has 1 heterocycles. The number of benzene rings is 3. The molecule has 4 aromatic rings. The van der Waals surface area contributed by atoms with E-state index >= 15 is 0 Å². The minimum atomic E-state index is -0.690. The summed E-state index contributed by atoms with van der Waals surface area (Å²) < 4.78 is 1.87. The molecule has 6 heteroatoms. The van der Waals surface area contributed by atoms with E-state index in [9.17, 15) is 9.59 Å². The number of nitrogens with one attached hydrogen (secondary N) is 1. The third kappa shape index (κ3) is 4.70. The van der Waals surface area contributed by atoms with Crippen LogP contribution < -0.4 is 10.2 Å². The van der Waals surface area contributed by atoms with Crippen LogP contribution >= 0.6 is 0 Å². The van der Waals surface area contributed by atoms with E-state index in [1.54, 1.807) is 11.9 Å². The molecule has 2 amide bonds. The lowest BCUT2D eigenvalue weighted by molar-refractivity contribution is -0.127. The Labute approximate surface area is 187 Å². The number of likely N-dealkylation sites (N-methyl/N-ethyl adjacent to an activating group) is 1. The first-order valence-corrected chi connectivity index (χ1v) is 10.6.